The molecule has 0 radical (unpaired) electrons. The number of rotatable bonds is 7. The summed E-state index contributed by atoms with van der Waals surface area (Å²) in [5, 5.41) is 8.22. The van der Waals surface area contributed by atoms with Gasteiger partial charge in [0.15, 0.2) is 0 Å². The average Bonchev–Trinajstić information content (AvgIpc) is 2.60. The normalized spacial score (nSPS) is 15.6. The number of primary amides is 1. The van der Waals surface area contributed by atoms with Crippen molar-refractivity contribution in [3.05, 3.63) is 11.4 Å². The third-order valence-electron chi connectivity index (χ3n) is 3.33. The van der Waals surface area contributed by atoms with Crippen LogP contribution in [0.5, 0.6) is 0 Å². The minimum absolute atomic E-state index is 0.181. The summed E-state index contributed by atoms with van der Waals surface area (Å²) in [5.41, 5.74) is 7.07. The van der Waals surface area contributed by atoms with Gasteiger partial charge in [-0.2, -0.15) is 0 Å². The number of nitrogens with two attached hydrogens (primary N) is 1. The summed E-state index contributed by atoms with van der Waals surface area (Å²) >= 11 is 0. The highest BCUT2D eigenvalue weighted by atomic mass is 16.5. The van der Waals surface area contributed by atoms with Gasteiger partial charge in [-0.15, -0.1) is 5.10 Å². The molecule has 1 aliphatic rings. The van der Waals surface area contributed by atoms with Crippen molar-refractivity contribution < 1.29 is 9.53 Å². The summed E-state index contributed by atoms with van der Waals surface area (Å²) in [4.78, 5) is 11.0. The van der Waals surface area contributed by atoms with Crippen LogP contribution in [0.3, 0.4) is 0 Å². The summed E-state index contributed by atoms with van der Waals surface area (Å²) in [6, 6.07) is 0. The van der Waals surface area contributed by atoms with Crippen LogP contribution in [0.1, 0.15) is 43.5 Å². The molecule has 0 unspecified atom stereocenters. The van der Waals surface area contributed by atoms with Crippen molar-refractivity contribution in [1.29, 1.82) is 0 Å². The van der Waals surface area contributed by atoms with Gasteiger partial charge >= 0.3 is 0 Å². The zero-order chi connectivity index (χ0) is 13.0. The Morgan fingerprint density at radius 2 is 2.33 bits per heavy atom. The van der Waals surface area contributed by atoms with Gasteiger partial charge < -0.3 is 10.5 Å². The van der Waals surface area contributed by atoms with Gasteiger partial charge in [-0.3, -0.25) is 4.79 Å². The van der Waals surface area contributed by atoms with Crippen LogP contribution in [0.2, 0.25) is 0 Å². The van der Waals surface area contributed by atoms with E-state index in [-0.39, 0.29) is 12.3 Å². The Bertz CT molecular complexity index is 412. The first-order valence-electron chi connectivity index (χ1n) is 6.50. The lowest BCUT2D eigenvalue weighted by atomic mass is 9.81. The molecule has 2 rings (SSSR count). The molecule has 1 aliphatic carbocycles. The molecule has 0 aliphatic heterocycles. The zero-order valence-corrected chi connectivity index (χ0v) is 10.8. The van der Waals surface area contributed by atoms with Crippen LogP contribution >= 0.6 is 0 Å². The Morgan fingerprint density at radius 3 is 2.89 bits per heavy atom. The zero-order valence-electron chi connectivity index (χ0n) is 10.8. The minimum atomic E-state index is -0.354. The summed E-state index contributed by atoms with van der Waals surface area (Å²) in [7, 11) is 0. The van der Waals surface area contributed by atoms with Crippen molar-refractivity contribution in [2.45, 2.75) is 45.1 Å². The molecule has 0 atom stereocenters. The number of nitrogens with zero attached hydrogens (tertiary/aromatic N) is 3. The Balaban J connectivity index is 2.12. The van der Waals surface area contributed by atoms with Gasteiger partial charge in [0.05, 0.1) is 31.0 Å². The molecule has 0 aromatic carbocycles. The lowest BCUT2D eigenvalue weighted by Gasteiger charge is -2.26. The predicted octanol–water partition coefficient (Wildman–Crippen LogP) is 0.610. The number of aromatic nitrogens is 3. The SMILES string of the molecule is CCOCCn1nnc(CC(N)=O)c1C1CCC1. The van der Waals surface area contributed by atoms with E-state index in [9.17, 15) is 4.79 Å². The van der Waals surface area contributed by atoms with Gasteiger partial charge in [-0.25, -0.2) is 4.68 Å². The highest BCUT2D eigenvalue weighted by molar-refractivity contribution is 5.76. The van der Waals surface area contributed by atoms with E-state index in [1.807, 2.05) is 11.6 Å². The van der Waals surface area contributed by atoms with Crippen LogP contribution in [0.4, 0.5) is 0 Å². The van der Waals surface area contributed by atoms with Crippen LogP contribution in [0, 0.1) is 0 Å². The van der Waals surface area contributed by atoms with Gasteiger partial charge in [0.25, 0.3) is 0 Å². The van der Waals surface area contributed by atoms with E-state index in [2.05, 4.69) is 10.3 Å². The molecule has 1 amide bonds. The van der Waals surface area contributed by atoms with Crippen molar-refractivity contribution in [1.82, 2.24) is 15.0 Å². The maximum absolute atomic E-state index is 11.0. The standard InChI is InChI=1S/C12H20N4O2/c1-2-18-7-6-16-12(9-4-3-5-9)10(14-15-16)8-11(13)17/h9H,2-8H2,1H3,(H2,13,17). The number of hydrogen-bond acceptors (Lipinski definition) is 4. The van der Waals surface area contributed by atoms with Crippen LogP contribution in [-0.2, 0) is 22.5 Å². The highest BCUT2D eigenvalue weighted by Gasteiger charge is 2.27. The van der Waals surface area contributed by atoms with E-state index >= 15 is 0 Å². The van der Waals surface area contributed by atoms with Gasteiger partial charge in [-0.05, 0) is 19.8 Å². The Hall–Kier alpha value is -1.43. The first kappa shape index (κ1) is 13.0. The third kappa shape index (κ3) is 2.87. The topological polar surface area (TPSA) is 83.0 Å². The molecular formula is C12H20N4O2. The fraction of sp³-hybridized carbons (Fsp3) is 0.750. The molecule has 1 aromatic rings. The first-order chi connectivity index (χ1) is 8.72. The van der Waals surface area contributed by atoms with Crippen LogP contribution in [0.15, 0.2) is 0 Å². The molecule has 1 saturated carbocycles. The summed E-state index contributed by atoms with van der Waals surface area (Å²) in [6.07, 6.45) is 3.71. The number of hydrogen-bond donors (Lipinski definition) is 1. The molecule has 1 heterocycles. The largest absolute Gasteiger partial charge is 0.380 e. The summed E-state index contributed by atoms with van der Waals surface area (Å²) < 4.78 is 7.21. The maximum Gasteiger partial charge on any atom is 0.223 e. The molecule has 100 valence electrons. The van der Waals surface area contributed by atoms with Crippen molar-refractivity contribution in [3.8, 4) is 0 Å². The molecule has 1 aromatic heterocycles. The third-order valence-corrected chi connectivity index (χ3v) is 3.33. The summed E-state index contributed by atoms with van der Waals surface area (Å²) in [5.74, 6) is 0.128. The van der Waals surface area contributed by atoms with Crippen molar-refractivity contribution in [3.63, 3.8) is 0 Å². The number of amides is 1. The Morgan fingerprint density at radius 1 is 1.56 bits per heavy atom. The fourth-order valence-electron chi connectivity index (χ4n) is 2.24. The molecule has 0 saturated heterocycles. The average molecular weight is 252 g/mol. The van der Waals surface area contributed by atoms with E-state index in [4.69, 9.17) is 10.5 Å². The van der Waals surface area contributed by atoms with E-state index in [1.54, 1.807) is 0 Å². The maximum atomic E-state index is 11.0. The van der Waals surface area contributed by atoms with E-state index in [0.29, 0.717) is 25.7 Å². The Kier molecular flexibility index (Phi) is 4.30. The molecule has 0 spiro atoms. The number of ether oxygens (including phenoxy) is 1. The van der Waals surface area contributed by atoms with Crippen molar-refractivity contribution in [2.24, 2.45) is 5.73 Å². The number of carbonyl (C=O) groups excluding carboxylic acids is 1. The van der Waals surface area contributed by atoms with Gasteiger partial charge in [-0.1, -0.05) is 11.6 Å². The van der Waals surface area contributed by atoms with E-state index in [1.165, 1.54) is 6.42 Å². The van der Waals surface area contributed by atoms with Crippen LogP contribution < -0.4 is 5.73 Å². The second-order valence-electron chi connectivity index (χ2n) is 4.61. The monoisotopic (exact) mass is 252 g/mol. The number of carbonyl (C=O) groups is 1. The molecule has 2 N–H and O–H groups in total. The molecule has 6 heteroatoms. The predicted molar refractivity (Wildman–Crippen MR) is 66.0 cm³/mol. The molecular weight excluding hydrogens is 232 g/mol. The van der Waals surface area contributed by atoms with Gasteiger partial charge in [0.2, 0.25) is 5.91 Å². The Labute approximate surface area is 106 Å². The molecule has 6 nitrogen and oxygen atoms in total. The summed E-state index contributed by atoms with van der Waals surface area (Å²) in [6.45, 7) is 3.97. The lowest BCUT2D eigenvalue weighted by Crippen LogP contribution is -2.21. The lowest BCUT2D eigenvalue weighted by molar-refractivity contribution is -0.117. The highest BCUT2D eigenvalue weighted by Crippen LogP contribution is 2.37. The molecule has 0 bridgehead atoms. The van der Waals surface area contributed by atoms with Crippen molar-refractivity contribution >= 4 is 5.91 Å². The van der Waals surface area contributed by atoms with E-state index < -0.39 is 0 Å². The second-order valence-corrected chi connectivity index (χ2v) is 4.61. The van der Waals surface area contributed by atoms with Crippen LogP contribution in [0.25, 0.3) is 0 Å². The minimum Gasteiger partial charge on any atom is -0.380 e. The van der Waals surface area contributed by atoms with Crippen LogP contribution in [-0.4, -0.2) is 34.1 Å². The van der Waals surface area contributed by atoms with Gasteiger partial charge in [0, 0.05) is 12.5 Å². The van der Waals surface area contributed by atoms with E-state index in [0.717, 1.165) is 24.2 Å². The molecule has 18 heavy (non-hydrogen) atoms. The van der Waals surface area contributed by atoms with Crippen molar-refractivity contribution in [2.75, 3.05) is 13.2 Å². The second kappa shape index (κ2) is 5.95. The first-order valence-corrected chi connectivity index (χ1v) is 6.50. The van der Waals surface area contributed by atoms with Gasteiger partial charge in [0.1, 0.15) is 0 Å². The quantitative estimate of drug-likeness (QED) is 0.721. The molecule has 1 fully saturated rings. The smallest absolute Gasteiger partial charge is 0.223 e. The fourth-order valence-corrected chi connectivity index (χ4v) is 2.24.